The van der Waals surface area contributed by atoms with Crippen LogP contribution < -0.4 is 14.8 Å². The Hall–Kier alpha value is -0.940. The molecular formula is C15H22Cl2N2O2. The maximum Gasteiger partial charge on any atom is 0.161 e. The third-order valence-electron chi connectivity index (χ3n) is 3.68. The van der Waals surface area contributed by atoms with Gasteiger partial charge in [0.15, 0.2) is 11.5 Å². The van der Waals surface area contributed by atoms with Crippen LogP contribution in [0.3, 0.4) is 0 Å². The van der Waals surface area contributed by atoms with Crippen LogP contribution in [0, 0.1) is 0 Å². The first kappa shape index (κ1) is 18.1. The Kier molecular flexibility index (Phi) is 7.32. The third-order valence-corrected chi connectivity index (χ3v) is 3.68. The molecule has 6 heteroatoms. The van der Waals surface area contributed by atoms with Gasteiger partial charge in [-0.25, -0.2) is 0 Å². The molecular weight excluding hydrogens is 311 g/mol. The smallest absolute Gasteiger partial charge is 0.161 e. The Morgan fingerprint density at radius 1 is 1.10 bits per heavy atom. The van der Waals surface area contributed by atoms with E-state index in [-0.39, 0.29) is 30.9 Å². The molecule has 1 atom stereocenters. The fourth-order valence-corrected chi connectivity index (χ4v) is 2.70. The minimum Gasteiger partial charge on any atom is -0.486 e. The molecule has 3 rings (SSSR count). The van der Waals surface area contributed by atoms with Crippen LogP contribution in [0.4, 0.5) is 0 Å². The monoisotopic (exact) mass is 332 g/mol. The normalized spacial score (nSPS) is 18.9. The highest BCUT2D eigenvalue weighted by atomic mass is 35.5. The average Bonchev–Trinajstić information content (AvgIpc) is 2.49. The molecule has 1 N–H and O–H groups in total. The van der Waals surface area contributed by atoms with Gasteiger partial charge in [0.2, 0.25) is 0 Å². The molecule has 1 saturated heterocycles. The number of halogens is 2. The number of rotatable bonds is 3. The van der Waals surface area contributed by atoms with Gasteiger partial charge in [-0.1, -0.05) is 12.1 Å². The van der Waals surface area contributed by atoms with E-state index in [0.717, 1.165) is 37.7 Å². The number of hydrogen-bond donors (Lipinski definition) is 1. The van der Waals surface area contributed by atoms with Crippen molar-refractivity contribution >= 4 is 24.8 Å². The van der Waals surface area contributed by atoms with Crippen molar-refractivity contribution in [2.45, 2.75) is 6.04 Å². The summed E-state index contributed by atoms with van der Waals surface area (Å²) in [5, 5.41) is 3.37. The molecule has 1 fully saturated rings. The van der Waals surface area contributed by atoms with Gasteiger partial charge in [0.1, 0.15) is 13.2 Å². The SMILES string of the molecule is C=C[C@H](c1ccc2c(c1)OCCO2)N1CCNCC1.Cl.Cl. The molecule has 0 unspecified atom stereocenters. The predicted molar refractivity (Wildman–Crippen MR) is 89.3 cm³/mol. The van der Waals surface area contributed by atoms with Crippen molar-refractivity contribution in [2.24, 2.45) is 0 Å². The summed E-state index contributed by atoms with van der Waals surface area (Å²) in [7, 11) is 0. The van der Waals surface area contributed by atoms with Gasteiger partial charge in [0.25, 0.3) is 0 Å². The molecule has 21 heavy (non-hydrogen) atoms. The van der Waals surface area contributed by atoms with Gasteiger partial charge in [-0.15, -0.1) is 31.4 Å². The third kappa shape index (κ3) is 4.04. The van der Waals surface area contributed by atoms with Gasteiger partial charge in [-0.3, -0.25) is 4.90 Å². The number of nitrogens with one attached hydrogen (secondary N) is 1. The summed E-state index contributed by atoms with van der Waals surface area (Å²) in [6.07, 6.45) is 2.01. The number of ether oxygens (including phenoxy) is 2. The van der Waals surface area contributed by atoms with Gasteiger partial charge in [-0.2, -0.15) is 0 Å². The standard InChI is InChI=1S/C15H20N2O2.2ClH/c1-2-13(17-7-5-16-6-8-17)12-3-4-14-15(11-12)19-10-9-18-14;;/h2-4,11,13,16H,1,5-10H2;2*1H/t13-;;/m1../s1. The first-order valence-electron chi connectivity index (χ1n) is 6.85. The van der Waals surface area contributed by atoms with Gasteiger partial charge in [0, 0.05) is 26.2 Å². The van der Waals surface area contributed by atoms with E-state index in [1.165, 1.54) is 5.56 Å². The van der Waals surface area contributed by atoms with E-state index in [0.29, 0.717) is 13.2 Å². The molecule has 4 nitrogen and oxygen atoms in total. The molecule has 0 saturated carbocycles. The molecule has 1 aromatic rings. The number of benzene rings is 1. The zero-order chi connectivity index (χ0) is 13.1. The minimum atomic E-state index is 0. The molecule has 0 radical (unpaired) electrons. The number of nitrogens with zero attached hydrogens (tertiary/aromatic N) is 1. The lowest BCUT2D eigenvalue weighted by Gasteiger charge is -2.33. The van der Waals surface area contributed by atoms with E-state index < -0.39 is 0 Å². The van der Waals surface area contributed by atoms with Crippen LogP contribution in [-0.2, 0) is 0 Å². The van der Waals surface area contributed by atoms with Crippen LogP contribution in [0.25, 0.3) is 0 Å². The maximum absolute atomic E-state index is 5.66. The predicted octanol–water partition coefficient (Wildman–Crippen LogP) is 2.43. The quantitative estimate of drug-likeness (QED) is 0.862. The van der Waals surface area contributed by atoms with Crippen molar-refractivity contribution in [2.75, 3.05) is 39.4 Å². The van der Waals surface area contributed by atoms with E-state index in [1.807, 2.05) is 12.1 Å². The Bertz CT molecular complexity index is 465. The lowest BCUT2D eigenvalue weighted by Crippen LogP contribution is -2.44. The highest BCUT2D eigenvalue weighted by Gasteiger charge is 2.21. The van der Waals surface area contributed by atoms with Crippen LogP contribution >= 0.6 is 24.8 Å². The lowest BCUT2D eigenvalue weighted by atomic mass is 10.0. The molecule has 0 amide bonds. The van der Waals surface area contributed by atoms with Crippen molar-refractivity contribution in [3.8, 4) is 11.5 Å². The second-order valence-corrected chi connectivity index (χ2v) is 4.87. The summed E-state index contributed by atoms with van der Waals surface area (Å²) in [5.74, 6) is 1.70. The van der Waals surface area contributed by atoms with Gasteiger partial charge in [-0.05, 0) is 17.7 Å². The van der Waals surface area contributed by atoms with Crippen molar-refractivity contribution < 1.29 is 9.47 Å². The summed E-state index contributed by atoms with van der Waals surface area (Å²) < 4.78 is 11.2. The van der Waals surface area contributed by atoms with Gasteiger partial charge < -0.3 is 14.8 Å². The highest BCUT2D eigenvalue weighted by molar-refractivity contribution is 5.85. The Morgan fingerprint density at radius 3 is 2.43 bits per heavy atom. The molecule has 0 aliphatic carbocycles. The first-order chi connectivity index (χ1) is 9.38. The summed E-state index contributed by atoms with van der Waals surface area (Å²) in [6, 6.07) is 6.45. The molecule has 1 aromatic carbocycles. The summed E-state index contributed by atoms with van der Waals surface area (Å²) >= 11 is 0. The van der Waals surface area contributed by atoms with Crippen LogP contribution in [0.2, 0.25) is 0 Å². The molecule has 2 aliphatic rings. The largest absolute Gasteiger partial charge is 0.486 e. The maximum atomic E-state index is 5.66. The van der Waals surface area contributed by atoms with E-state index in [1.54, 1.807) is 0 Å². The number of piperazine rings is 1. The fourth-order valence-electron chi connectivity index (χ4n) is 2.70. The summed E-state index contributed by atoms with van der Waals surface area (Å²) in [5.41, 5.74) is 1.22. The number of hydrogen-bond acceptors (Lipinski definition) is 4. The van der Waals surface area contributed by atoms with Gasteiger partial charge >= 0.3 is 0 Å². The van der Waals surface area contributed by atoms with E-state index >= 15 is 0 Å². The Labute approximate surface area is 138 Å². The minimum absolute atomic E-state index is 0. The molecule has 0 spiro atoms. The Balaban J connectivity index is 0.00000110. The van der Waals surface area contributed by atoms with Crippen molar-refractivity contribution in [3.63, 3.8) is 0 Å². The molecule has 0 bridgehead atoms. The average molecular weight is 333 g/mol. The van der Waals surface area contributed by atoms with E-state index in [2.05, 4.69) is 28.9 Å². The Morgan fingerprint density at radius 2 is 1.76 bits per heavy atom. The summed E-state index contributed by atoms with van der Waals surface area (Å²) in [6.45, 7) is 9.42. The first-order valence-corrected chi connectivity index (χ1v) is 6.85. The molecule has 2 aliphatic heterocycles. The van der Waals surface area contributed by atoms with Crippen LogP contribution in [0.1, 0.15) is 11.6 Å². The van der Waals surface area contributed by atoms with Gasteiger partial charge in [0.05, 0.1) is 6.04 Å². The van der Waals surface area contributed by atoms with Crippen molar-refractivity contribution in [3.05, 3.63) is 36.4 Å². The molecule has 0 aromatic heterocycles. The zero-order valence-corrected chi connectivity index (χ0v) is 13.5. The van der Waals surface area contributed by atoms with Crippen LogP contribution in [0.15, 0.2) is 30.9 Å². The van der Waals surface area contributed by atoms with E-state index in [4.69, 9.17) is 9.47 Å². The number of fused-ring (bicyclic) bond motifs is 1. The molecule has 118 valence electrons. The van der Waals surface area contributed by atoms with Crippen LogP contribution in [0.5, 0.6) is 11.5 Å². The second-order valence-electron chi connectivity index (χ2n) is 4.87. The van der Waals surface area contributed by atoms with Crippen molar-refractivity contribution in [1.82, 2.24) is 10.2 Å². The topological polar surface area (TPSA) is 33.7 Å². The van der Waals surface area contributed by atoms with Crippen LogP contribution in [-0.4, -0.2) is 44.3 Å². The fraction of sp³-hybridized carbons (Fsp3) is 0.467. The van der Waals surface area contributed by atoms with E-state index in [9.17, 15) is 0 Å². The lowest BCUT2D eigenvalue weighted by molar-refractivity contribution is 0.170. The zero-order valence-electron chi connectivity index (χ0n) is 11.9. The highest BCUT2D eigenvalue weighted by Crippen LogP contribution is 2.34. The molecule has 2 heterocycles. The van der Waals surface area contributed by atoms with Crippen molar-refractivity contribution in [1.29, 1.82) is 0 Å². The summed E-state index contributed by atoms with van der Waals surface area (Å²) in [4.78, 5) is 2.44. The second kappa shape index (κ2) is 8.49.